The summed E-state index contributed by atoms with van der Waals surface area (Å²) in [6, 6.07) is 2.01. The molecule has 3 aromatic rings. The minimum atomic E-state index is -0.113. The van der Waals surface area contributed by atoms with Crippen molar-refractivity contribution >= 4 is 28.6 Å². The van der Waals surface area contributed by atoms with E-state index < -0.39 is 0 Å². The van der Waals surface area contributed by atoms with Crippen LogP contribution in [-0.4, -0.2) is 27.0 Å². The third-order valence-electron chi connectivity index (χ3n) is 2.94. The van der Waals surface area contributed by atoms with E-state index in [2.05, 4.69) is 15.3 Å². The summed E-state index contributed by atoms with van der Waals surface area (Å²) in [5.41, 5.74) is 1.56. The van der Waals surface area contributed by atoms with Gasteiger partial charge in [0, 0.05) is 41.8 Å². The summed E-state index contributed by atoms with van der Waals surface area (Å²) in [4.78, 5) is 20.4. The van der Waals surface area contributed by atoms with Crippen LogP contribution in [0.25, 0.3) is 10.6 Å². The van der Waals surface area contributed by atoms with Crippen LogP contribution in [0.4, 0.5) is 0 Å². The number of hydrogen-bond donors (Lipinski definition) is 1. The molecular formula is C14H14N4OS2. The zero-order valence-corrected chi connectivity index (χ0v) is 12.9. The Bertz CT molecular complexity index is 688. The molecule has 0 aliphatic carbocycles. The van der Waals surface area contributed by atoms with Crippen LogP contribution >= 0.6 is 22.7 Å². The Kier molecular flexibility index (Phi) is 4.42. The Balaban J connectivity index is 1.49. The molecule has 0 saturated carbocycles. The quantitative estimate of drug-likeness (QED) is 0.711. The molecule has 0 unspecified atom stereocenters. The second kappa shape index (κ2) is 6.64. The van der Waals surface area contributed by atoms with Gasteiger partial charge in [-0.05, 0) is 17.9 Å². The fourth-order valence-corrected chi connectivity index (χ4v) is 3.38. The zero-order valence-electron chi connectivity index (χ0n) is 11.2. The molecule has 0 spiro atoms. The van der Waals surface area contributed by atoms with Crippen LogP contribution in [0.15, 0.2) is 40.9 Å². The lowest BCUT2D eigenvalue weighted by molar-refractivity contribution is 0.0948. The first-order valence-corrected chi connectivity index (χ1v) is 8.37. The molecule has 5 nitrogen and oxygen atoms in total. The van der Waals surface area contributed by atoms with Crippen LogP contribution in [0.2, 0.25) is 0 Å². The molecule has 0 bridgehead atoms. The summed E-state index contributed by atoms with van der Waals surface area (Å²) in [5, 5.41) is 9.63. The molecule has 3 aromatic heterocycles. The Hall–Kier alpha value is -1.99. The highest BCUT2D eigenvalue weighted by molar-refractivity contribution is 7.14. The first-order chi connectivity index (χ1) is 10.3. The van der Waals surface area contributed by atoms with Crippen LogP contribution in [0.5, 0.6) is 0 Å². The van der Waals surface area contributed by atoms with Gasteiger partial charge in [0.25, 0.3) is 5.91 Å². The maximum absolute atomic E-state index is 12.0. The predicted octanol–water partition coefficient (Wildman–Crippen LogP) is 2.89. The van der Waals surface area contributed by atoms with Gasteiger partial charge in [0.2, 0.25) is 0 Å². The van der Waals surface area contributed by atoms with Gasteiger partial charge in [-0.1, -0.05) is 0 Å². The lowest BCUT2D eigenvalue weighted by Crippen LogP contribution is -2.25. The van der Waals surface area contributed by atoms with Gasteiger partial charge in [-0.2, -0.15) is 11.3 Å². The Morgan fingerprint density at radius 1 is 1.38 bits per heavy atom. The average Bonchev–Trinajstić information content (AvgIpc) is 3.25. The highest BCUT2D eigenvalue weighted by atomic mass is 32.1. The number of hydrogen-bond acceptors (Lipinski definition) is 5. The lowest BCUT2D eigenvalue weighted by atomic mass is 10.3. The molecule has 0 atom stereocenters. The Morgan fingerprint density at radius 3 is 3.10 bits per heavy atom. The minimum Gasteiger partial charge on any atom is -0.351 e. The zero-order chi connectivity index (χ0) is 14.5. The van der Waals surface area contributed by atoms with E-state index >= 15 is 0 Å². The molecule has 0 saturated heterocycles. The number of nitrogens with zero attached hydrogens (tertiary/aromatic N) is 3. The van der Waals surface area contributed by atoms with Gasteiger partial charge in [0.1, 0.15) is 10.7 Å². The van der Waals surface area contributed by atoms with Crippen molar-refractivity contribution in [2.24, 2.45) is 0 Å². The van der Waals surface area contributed by atoms with Crippen molar-refractivity contribution in [3.8, 4) is 10.6 Å². The number of aryl methyl sites for hydroxylation is 1. The number of carbonyl (C=O) groups excluding carboxylic acids is 1. The fraction of sp³-hybridized carbons (Fsp3) is 0.214. The van der Waals surface area contributed by atoms with E-state index in [1.54, 1.807) is 29.2 Å². The third kappa shape index (κ3) is 3.56. The minimum absolute atomic E-state index is 0.113. The number of thiazole rings is 1. The smallest absolute Gasteiger partial charge is 0.270 e. The molecular weight excluding hydrogens is 304 g/mol. The fourth-order valence-electron chi connectivity index (χ4n) is 1.87. The number of amides is 1. The predicted molar refractivity (Wildman–Crippen MR) is 84.6 cm³/mol. The monoisotopic (exact) mass is 318 g/mol. The third-order valence-corrected chi connectivity index (χ3v) is 4.52. The van der Waals surface area contributed by atoms with Crippen molar-refractivity contribution < 1.29 is 4.79 Å². The van der Waals surface area contributed by atoms with E-state index in [0.29, 0.717) is 12.2 Å². The summed E-state index contributed by atoms with van der Waals surface area (Å²) < 4.78 is 1.99. The molecule has 0 radical (unpaired) electrons. The largest absolute Gasteiger partial charge is 0.351 e. The number of carbonyl (C=O) groups is 1. The van der Waals surface area contributed by atoms with Crippen molar-refractivity contribution in [3.05, 3.63) is 46.6 Å². The number of aromatic nitrogens is 3. The molecule has 0 fully saturated rings. The van der Waals surface area contributed by atoms with E-state index in [4.69, 9.17) is 0 Å². The van der Waals surface area contributed by atoms with Crippen LogP contribution in [-0.2, 0) is 6.54 Å². The molecule has 0 aliphatic heterocycles. The number of imidazole rings is 1. The molecule has 0 aliphatic rings. The average molecular weight is 318 g/mol. The maximum Gasteiger partial charge on any atom is 0.270 e. The van der Waals surface area contributed by atoms with Crippen LogP contribution in [0.3, 0.4) is 0 Å². The molecule has 0 aromatic carbocycles. The first kappa shape index (κ1) is 14.0. The van der Waals surface area contributed by atoms with Gasteiger partial charge >= 0.3 is 0 Å². The van der Waals surface area contributed by atoms with Crippen LogP contribution in [0.1, 0.15) is 16.9 Å². The SMILES string of the molecule is O=C(NCCCn1ccnc1)c1csc(-c2ccsc2)n1. The second-order valence-electron chi connectivity index (χ2n) is 4.46. The van der Waals surface area contributed by atoms with Crippen molar-refractivity contribution in [1.82, 2.24) is 19.9 Å². The van der Waals surface area contributed by atoms with Gasteiger partial charge in [0.05, 0.1) is 6.33 Å². The second-order valence-corrected chi connectivity index (χ2v) is 6.10. The van der Waals surface area contributed by atoms with Gasteiger partial charge in [-0.3, -0.25) is 4.79 Å². The molecule has 7 heteroatoms. The topological polar surface area (TPSA) is 59.8 Å². The molecule has 3 heterocycles. The van der Waals surface area contributed by atoms with Gasteiger partial charge in [-0.15, -0.1) is 11.3 Å². The normalized spacial score (nSPS) is 10.7. The summed E-state index contributed by atoms with van der Waals surface area (Å²) >= 11 is 3.12. The van der Waals surface area contributed by atoms with Crippen molar-refractivity contribution in [1.29, 1.82) is 0 Å². The van der Waals surface area contributed by atoms with E-state index in [1.807, 2.05) is 27.6 Å². The van der Waals surface area contributed by atoms with E-state index in [-0.39, 0.29) is 5.91 Å². The summed E-state index contributed by atoms with van der Waals surface area (Å²) in [6.07, 6.45) is 6.30. The van der Waals surface area contributed by atoms with E-state index in [9.17, 15) is 4.79 Å². The summed E-state index contributed by atoms with van der Waals surface area (Å²) in [6.45, 7) is 1.47. The molecule has 3 rings (SSSR count). The van der Waals surface area contributed by atoms with E-state index in [0.717, 1.165) is 23.5 Å². The number of rotatable bonds is 6. The molecule has 1 N–H and O–H groups in total. The number of nitrogens with one attached hydrogen (secondary N) is 1. The van der Waals surface area contributed by atoms with E-state index in [1.165, 1.54) is 11.3 Å². The van der Waals surface area contributed by atoms with Crippen molar-refractivity contribution in [2.45, 2.75) is 13.0 Å². The highest BCUT2D eigenvalue weighted by Crippen LogP contribution is 2.25. The van der Waals surface area contributed by atoms with Gasteiger partial charge in [0.15, 0.2) is 0 Å². The maximum atomic E-state index is 12.0. The molecule has 1 amide bonds. The van der Waals surface area contributed by atoms with Crippen LogP contribution in [0, 0.1) is 0 Å². The standard InChI is InChI=1S/C14H14N4OS2/c19-13(16-3-1-5-18-6-4-15-10-18)12-9-21-14(17-12)11-2-7-20-8-11/h2,4,6-10H,1,3,5H2,(H,16,19). The summed E-state index contributed by atoms with van der Waals surface area (Å²) in [7, 11) is 0. The molecule has 108 valence electrons. The van der Waals surface area contributed by atoms with Crippen molar-refractivity contribution in [3.63, 3.8) is 0 Å². The van der Waals surface area contributed by atoms with Gasteiger partial charge in [-0.25, -0.2) is 9.97 Å². The van der Waals surface area contributed by atoms with Crippen LogP contribution < -0.4 is 5.32 Å². The highest BCUT2D eigenvalue weighted by Gasteiger charge is 2.11. The lowest BCUT2D eigenvalue weighted by Gasteiger charge is -2.03. The molecule has 21 heavy (non-hydrogen) atoms. The van der Waals surface area contributed by atoms with Gasteiger partial charge < -0.3 is 9.88 Å². The Labute approximate surface area is 130 Å². The number of thiophene rings is 1. The Morgan fingerprint density at radius 2 is 2.33 bits per heavy atom. The first-order valence-electron chi connectivity index (χ1n) is 6.55. The van der Waals surface area contributed by atoms with Crippen molar-refractivity contribution in [2.75, 3.05) is 6.54 Å². The summed E-state index contributed by atoms with van der Waals surface area (Å²) in [5.74, 6) is -0.113.